The average molecular weight is 449 g/mol. The fourth-order valence-electron chi connectivity index (χ4n) is 3.25. The number of hydrogen-bond donors (Lipinski definition) is 1. The molecule has 1 aliphatic heterocycles. The smallest absolute Gasteiger partial charge is 0.224 e. The first kappa shape index (κ1) is 29.8. The predicted molar refractivity (Wildman–Crippen MR) is 124 cm³/mol. The topological polar surface area (TPSA) is 100 Å². The predicted octanol–water partition coefficient (Wildman–Crippen LogP) is 2.88. The lowest BCUT2D eigenvalue weighted by molar-refractivity contribution is -0.134. The lowest BCUT2D eigenvalue weighted by Gasteiger charge is -2.38. The minimum absolute atomic E-state index is 0. The maximum absolute atomic E-state index is 12.3. The molecule has 31 heavy (non-hydrogen) atoms. The molecule has 1 heterocycles. The Balaban J connectivity index is 0. The Morgan fingerprint density at radius 3 is 1.58 bits per heavy atom. The highest BCUT2D eigenvalue weighted by Gasteiger charge is 2.30. The summed E-state index contributed by atoms with van der Waals surface area (Å²) in [6, 6.07) is 0. The van der Waals surface area contributed by atoms with Gasteiger partial charge in [-0.05, 0) is 24.2 Å². The molecule has 8 nitrogen and oxygen atoms in total. The molecular weight excluding hydrogens is 400 g/mol. The molecule has 0 atom stereocenters. The van der Waals surface area contributed by atoms with Gasteiger partial charge in [-0.25, -0.2) is 0 Å². The van der Waals surface area contributed by atoms with Crippen molar-refractivity contribution < 1.29 is 30.0 Å². The zero-order valence-corrected chi connectivity index (χ0v) is 20.5. The van der Waals surface area contributed by atoms with Crippen LogP contribution in [-0.4, -0.2) is 82.7 Å². The summed E-state index contributed by atoms with van der Waals surface area (Å²) >= 11 is 0. The summed E-state index contributed by atoms with van der Waals surface area (Å²) in [6.07, 6.45) is 2.83. The van der Waals surface area contributed by atoms with Gasteiger partial charge in [0, 0.05) is 20.9 Å². The number of hydrogen-bond acceptors (Lipinski definition) is 6. The first-order valence-corrected chi connectivity index (χ1v) is 11.7. The number of primary amides is 1. The Hall–Kier alpha value is -1.22. The first-order valence-electron chi connectivity index (χ1n) is 11.7. The quantitative estimate of drug-likeness (QED) is 0.387. The van der Waals surface area contributed by atoms with E-state index in [0.29, 0.717) is 70.6 Å². The summed E-state index contributed by atoms with van der Waals surface area (Å²) in [6.45, 7) is 16.1. The van der Waals surface area contributed by atoms with E-state index in [4.69, 9.17) is 24.7 Å². The van der Waals surface area contributed by atoms with Crippen LogP contribution in [0.4, 0.5) is 0 Å². The molecule has 1 saturated heterocycles. The fourth-order valence-corrected chi connectivity index (χ4v) is 3.25. The highest BCUT2D eigenvalue weighted by molar-refractivity contribution is 5.76. The number of likely N-dealkylation sites (tertiary alicyclic amines) is 1. The largest absolute Gasteiger partial charge is 0.379 e. The minimum atomic E-state index is -0.369. The number of carbonyl (C=O) groups is 2. The maximum Gasteiger partial charge on any atom is 0.224 e. The van der Waals surface area contributed by atoms with E-state index < -0.39 is 0 Å². The van der Waals surface area contributed by atoms with Crippen molar-refractivity contribution in [2.24, 2.45) is 17.1 Å². The van der Waals surface area contributed by atoms with E-state index in [9.17, 15) is 9.59 Å². The van der Waals surface area contributed by atoms with Gasteiger partial charge in [0.1, 0.15) is 0 Å². The molecule has 0 aromatic heterocycles. The van der Waals surface area contributed by atoms with E-state index in [0.717, 1.165) is 25.9 Å². The SMILES string of the molecule is CC.CC(C)(C)C1CCN(C(=O)CCOCCOCCOCCOCCC(N)=O)CC1.[HH]. The van der Waals surface area contributed by atoms with Gasteiger partial charge in [-0.1, -0.05) is 34.6 Å². The molecular formula is C23H48N2O6. The molecule has 0 aliphatic carbocycles. The number of nitrogens with two attached hydrogens (primary N) is 1. The van der Waals surface area contributed by atoms with Crippen LogP contribution >= 0.6 is 0 Å². The molecule has 0 aromatic carbocycles. The highest BCUT2D eigenvalue weighted by atomic mass is 16.6. The van der Waals surface area contributed by atoms with Crippen molar-refractivity contribution in [3.63, 3.8) is 0 Å². The van der Waals surface area contributed by atoms with E-state index in [2.05, 4.69) is 20.8 Å². The van der Waals surface area contributed by atoms with Crippen molar-refractivity contribution in [3.05, 3.63) is 0 Å². The van der Waals surface area contributed by atoms with Crippen molar-refractivity contribution >= 4 is 11.8 Å². The molecule has 2 amide bonds. The van der Waals surface area contributed by atoms with Crippen LogP contribution < -0.4 is 5.73 Å². The Labute approximate surface area is 190 Å². The third-order valence-corrected chi connectivity index (χ3v) is 5.14. The number of rotatable bonds is 15. The molecule has 0 saturated carbocycles. The molecule has 1 rings (SSSR count). The number of carbonyl (C=O) groups excluding carboxylic acids is 2. The monoisotopic (exact) mass is 448 g/mol. The number of ether oxygens (including phenoxy) is 4. The maximum atomic E-state index is 12.3. The number of nitrogens with zero attached hydrogens (tertiary/aromatic N) is 1. The van der Waals surface area contributed by atoms with Gasteiger partial charge < -0.3 is 29.6 Å². The molecule has 186 valence electrons. The molecule has 0 unspecified atom stereocenters. The van der Waals surface area contributed by atoms with Crippen LogP contribution in [-0.2, 0) is 28.5 Å². The zero-order chi connectivity index (χ0) is 23.5. The van der Waals surface area contributed by atoms with Crippen molar-refractivity contribution in [1.82, 2.24) is 4.90 Å². The molecule has 0 radical (unpaired) electrons. The Morgan fingerprint density at radius 2 is 1.19 bits per heavy atom. The number of amides is 2. The number of piperidine rings is 1. The van der Waals surface area contributed by atoms with Crippen LogP contribution in [0.2, 0.25) is 0 Å². The Morgan fingerprint density at radius 1 is 0.806 bits per heavy atom. The summed E-state index contributed by atoms with van der Waals surface area (Å²) < 4.78 is 21.4. The van der Waals surface area contributed by atoms with Crippen LogP contribution in [0.1, 0.15) is 61.7 Å². The summed E-state index contributed by atoms with van der Waals surface area (Å²) in [5.41, 5.74) is 5.32. The summed E-state index contributed by atoms with van der Waals surface area (Å²) in [7, 11) is 0. The highest BCUT2D eigenvalue weighted by Crippen LogP contribution is 2.34. The zero-order valence-electron chi connectivity index (χ0n) is 20.5. The molecule has 1 aliphatic rings. The molecule has 2 N–H and O–H groups in total. The van der Waals surface area contributed by atoms with Gasteiger partial charge in [-0.3, -0.25) is 9.59 Å². The van der Waals surface area contributed by atoms with Gasteiger partial charge in [-0.15, -0.1) is 0 Å². The third kappa shape index (κ3) is 16.1. The normalized spacial score (nSPS) is 14.8. The molecule has 0 aromatic rings. The summed E-state index contributed by atoms with van der Waals surface area (Å²) in [5.74, 6) is 0.509. The standard InChI is InChI=1S/C21H40N2O6.C2H6.H2/c1-21(2,3)18-4-8-23(9-5-18)20(25)7-11-27-13-15-29-17-16-28-14-12-26-10-6-19(22)24;1-2;/h18H,4-17H2,1-3H3,(H2,22,24);1-2H3;1H. The minimum Gasteiger partial charge on any atom is -0.379 e. The second-order valence-electron chi connectivity index (χ2n) is 8.44. The van der Waals surface area contributed by atoms with E-state index >= 15 is 0 Å². The van der Waals surface area contributed by atoms with Gasteiger partial charge >= 0.3 is 0 Å². The molecule has 0 spiro atoms. The summed E-state index contributed by atoms with van der Waals surface area (Å²) in [5, 5.41) is 0. The Kier molecular flexibility index (Phi) is 17.6. The van der Waals surface area contributed by atoms with Gasteiger partial charge in [-0.2, -0.15) is 0 Å². The van der Waals surface area contributed by atoms with Crippen molar-refractivity contribution in [2.45, 2.75) is 60.3 Å². The van der Waals surface area contributed by atoms with Gasteiger partial charge in [0.25, 0.3) is 0 Å². The van der Waals surface area contributed by atoms with E-state index in [1.165, 1.54) is 0 Å². The van der Waals surface area contributed by atoms with Crippen LogP contribution in [0.5, 0.6) is 0 Å². The molecule has 8 heteroatoms. The fraction of sp³-hybridized carbons (Fsp3) is 0.913. The second kappa shape index (κ2) is 18.4. The summed E-state index contributed by atoms with van der Waals surface area (Å²) in [4.78, 5) is 24.7. The second-order valence-corrected chi connectivity index (χ2v) is 8.44. The first-order chi connectivity index (χ1) is 14.8. The molecule has 1 fully saturated rings. The van der Waals surface area contributed by atoms with E-state index in [1.54, 1.807) is 0 Å². The van der Waals surface area contributed by atoms with Gasteiger partial charge in [0.05, 0.1) is 59.3 Å². The van der Waals surface area contributed by atoms with Gasteiger partial charge in [0.2, 0.25) is 11.8 Å². The van der Waals surface area contributed by atoms with Crippen molar-refractivity contribution in [2.75, 3.05) is 65.9 Å². The third-order valence-electron chi connectivity index (χ3n) is 5.14. The van der Waals surface area contributed by atoms with E-state index in [1.807, 2.05) is 18.7 Å². The van der Waals surface area contributed by atoms with Crippen LogP contribution in [0.25, 0.3) is 0 Å². The van der Waals surface area contributed by atoms with Crippen LogP contribution in [0.15, 0.2) is 0 Å². The lowest BCUT2D eigenvalue weighted by Crippen LogP contribution is -2.41. The van der Waals surface area contributed by atoms with Gasteiger partial charge in [0.15, 0.2) is 0 Å². The van der Waals surface area contributed by atoms with Crippen LogP contribution in [0.3, 0.4) is 0 Å². The average Bonchev–Trinajstić information content (AvgIpc) is 2.74. The molecule has 0 bridgehead atoms. The van der Waals surface area contributed by atoms with Crippen molar-refractivity contribution in [1.29, 1.82) is 0 Å². The van der Waals surface area contributed by atoms with Crippen LogP contribution in [0, 0.1) is 11.3 Å². The van der Waals surface area contributed by atoms with Crippen molar-refractivity contribution in [3.8, 4) is 0 Å². The Bertz CT molecular complexity index is 466. The van der Waals surface area contributed by atoms with E-state index in [-0.39, 0.29) is 19.7 Å². The lowest BCUT2D eigenvalue weighted by atomic mass is 9.75.